The van der Waals surface area contributed by atoms with Gasteiger partial charge in [-0.3, -0.25) is 4.79 Å². The third kappa shape index (κ3) is 2.38. The molecule has 0 saturated carbocycles. The van der Waals surface area contributed by atoms with E-state index in [2.05, 4.69) is 5.32 Å². The minimum Gasteiger partial charge on any atom is -0.397 e. The number of nitrogen functional groups attached to an aromatic ring is 1. The van der Waals surface area contributed by atoms with Crippen molar-refractivity contribution in [3.8, 4) is 0 Å². The van der Waals surface area contributed by atoms with Gasteiger partial charge in [0.15, 0.2) is 0 Å². The van der Waals surface area contributed by atoms with Crippen LogP contribution in [0.3, 0.4) is 0 Å². The molecule has 2 aromatic rings. The van der Waals surface area contributed by atoms with Gasteiger partial charge in [-0.25, -0.2) is 0 Å². The first-order chi connectivity index (χ1) is 8.49. The molecule has 4 heteroatoms. The topological polar surface area (TPSA) is 55.1 Å². The maximum Gasteiger partial charge on any atom is 0.266 e. The van der Waals surface area contributed by atoms with Gasteiger partial charge in [0.25, 0.3) is 5.91 Å². The van der Waals surface area contributed by atoms with Crippen LogP contribution in [0.5, 0.6) is 0 Å². The van der Waals surface area contributed by atoms with Gasteiger partial charge < -0.3 is 11.1 Å². The first-order valence-corrected chi connectivity index (χ1v) is 6.59. The number of hydrogen-bond acceptors (Lipinski definition) is 3. The molecule has 0 unspecified atom stereocenters. The Kier molecular flexibility index (Phi) is 3.39. The fourth-order valence-corrected chi connectivity index (χ4v) is 2.55. The number of nitrogens with one attached hydrogen (secondary N) is 1. The van der Waals surface area contributed by atoms with Crippen LogP contribution in [0, 0.1) is 20.8 Å². The number of anilines is 2. The summed E-state index contributed by atoms with van der Waals surface area (Å²) in [7, 11) is 0. The summed E-state index contributed by atoms with van der Waals surface area (Å²) in [5, 5.41) is 4.78. The Labute approximate surface area is 111 Å². The van der Waals surface area contributed by atoms with Crippen LogP contribution in [-0.4, -0.2) is 5.91 Å². The van der Waals surface area contributed by atoms with Gasteiger partial charge in [-0.1, -0.05) is 0 Å². The van der Waals surface area contributed by atoms with E-state index in [-0.39, 0.29) is 5.91 Å². The minimum absolute atomic E-state index is 0.0996. The first kappa shape index (κ1) is 12.6. The van der Waals surface area contributed by atoms with Gasteiger partial charge in [0.2, 0.25) is 0 Å². The zero-order valence-corrected chi connectivity index (χ0v) is 11.5. The molecule has 0 aliphatic rings. The van der Waals surface area contributed by atoms with Crippen molar-refractivity contribution in [1.29, 1.82) is 0 Å². The molecule has 0 bridgehead atoms. The van der Waals surface area contributed by atoms with Crippen LogP contribution < -0.4 is 11.1 Å². The summed E-state index contributed by atoms with van der Waals surface area (Å²) >= 11 is 1.44. The van der Waals surface area contributed by atoms with Crippen molar-refractivity contribution in [1.82, 2.24) is 0 Å². The normalized spacial score (nSPS) is 10.4. The summed E-state index contributed by atoms with van der Waals surface area (Å²) in [6.07, 6.45) is 0. The Bertz CT molecular complexity index is 602. The molecule has 0 fully saturated rings. The summed E-state index contributed by atoms with van der Waals surface area (Å²) in [5.74, 6) is -0.0996. The second-order valence-electron chi connectivity index (χ2n) is 4.41. The number of aryl methyl sites for hydroxylation is 3. The van der Waals surface area contributed by atoms with Crippen LogP contribution in [0.2, 0.25) is 0 Å². The minimum atomic E-state index is -0.0996. The Morgan fingerprint density at radius 2 is 1.83 bits per heavy atom. The molecule has 94 valence electrons. The fourth-order valence-electron chi connectivity index (χ4n) is 1.73. The van der Waals surface area contributed by atoms with E-state index >= 15 is 0 Å². The summed E-state index contributed by atoms with van der Waals surface area (Å²) in [4.78, 5) is 12.8. The molecule has 3 nitrogen and oxygen atoms in total. The largest absolute Gasteiger partial charge is 0.397 e. The molecule has 0 aliphatic heterocycles. The van der Waals surface area contributed by atoms with Gasteiger partial charge in [-0.05, 0) is 61.0 Å². The smallest absolute Gasteiger partial charge is 0.266 e. The van der Waals surface area contributed by atoms with Gasteiger partial charge in [0.05, 0.1) is 16.3 Å². The lowest BCUT2D eigenvalue weighted by atomic mass is 10.1. The van der Waals surface area contributed by atoms with Gasteiger partial charge in [-0.2, -0.15) is 0 Å². The molecular formula is C14H16N2OS. The van der Waals surface area contributed by atoms with Crippen molar-refractivity contribution in [2.45, 2.75) is 20.8 Å². The van der Waals surface area contributed by atoms with Gasteiger partial charge in [0, 0.05) is 0 Å². The average Bonchev–Trinajstić information content (AvgIpc) is 2.72. The van der Waals surface area contributed by atoms with E-state index in [0.717, 1.165) is 21.6 Å². The predicted molar refractivity (Wildman–Crippen MR) is 77.3 cm³/mol. The maximum atomic E-state index is 12.1. The number of nitrogens with two attached hydrogens (primary N) is 1. The lowest BCUT2D eigenvalue weighted by Crippen LogP contribution is -2.13. The third-order valence-corrected chi connectivity index (χ3v) is 4.00. The lowest BCUT2D eigenvalue weighted by Gasteiger charge is -2.10. The zero-order valence-electron chi connectivity index (χ0n) is 10.7. The number of thiophene rings is 1. The average molecular weight is 260 g/mol. The van der Waals surface area contributed by atoms with Crippen molar-refractivity contribution >= 4 is 28.6 Å². The van der Waals surface area contributed by atoms with Crippen molar-refractivity contribution < 1.29 is 4.79 Å². The van der Waals surface area contributed by atoms with Gasteiger partial charge in [-0.15, -0.1) is 11.3 Å². The Morgan fingerprint density at radius 3 is 2.44 bits per heavy atom. The highest BCUT2D eigenvalue weighted by Crippen LogP contribution is 2.25. The zero-order chi connectivity index (χ0) is 13.3. The highest BCUT2D eigenvalue weighted by molar-refractivity contribution is 7.12. The first-order valence-electron chi connectivity index (χ1n) is 5.71. The second kappa shape index (κ2) is 4.82. The van der Waals surface area contributed by atoms with Gasteiger partial charge in [0.1, 0.15) is 0 Å². The molecule has 1 heterocycles. The summed E-state index contributed by atoms with van der Waals surface area (Å²) in [6, 6.07) is 5.72. The Morgan fingerprint density at radius 1 is 1.17 bits per heavy atom. The number of hydrogen-bond donors (Lipinski definition) is 2. The van der Waals surface area contributed by atoms with Crippen molar-refractivity contribution in [2.75, 3.05) is 11.1 Å². The molecule has 0 radical (unpaired) electrons. The van der Waals surface area contributed by atoms with Crippen LogP contribution in [0.15, 0.2) is 23.6 Å². The molecule has 0 saturated heterocycles. The van der Waals surface area contributed by atoms with Gasteiger partial charge >= 0.3 is 0 Å². The number of carbonyl (C=O) groups is 1. The number of rotatable bonds is 2. The number of carbonyl (C=O) groups excluding carboxylic acids is 1. The van der Waals surface area contributed by atoms with E-state index < -0.39 is 0 Å². The van der Waals surface area contributed by atoms with Crippen LogP contribution in [0.1, 0.15) is 26.4 Å². The van der Waals surface area contributed by atoms with Crippen LogP contribution in [0.25, 0.3) is 0 Å². The fraction of sp³-hybridized carbons (Fsp3) is 0.214. The van der Waals surface area contributed by atoms with E-state index in [1.165, 1.54) is 11.3 Å². The van der Waals surface area contributed by atoms with Crippen LogP contribution in [-0.2, 0) is 0 Å². The van der Waals surface area contributed by atoms with E-state index in [9.17, 15) is 4.79 Å². The molecule has 0 atom stereocenters. The molecule has 18 heavy (non-hydrogen) atoms. The number of amides is 1. The maximum absolute atomic E-state index is 12.1. The van der Waals surface area contributed by atoms with Crippen LogP contribution >= 0.6 is 11.3 Å². The Hall–Kier alpha value is -1.81. The van der Waals surface area contributed by atoms with Crippen molar-refractivity contribution in [3.05, 3.63) is 45.1 Å². The quantitative estimate of drug-likeness (QED) is 0.812. The van der Waals surface area contributed by atoms with Crippen LogP contribution in [0.4, 0.5) is 11.4 Å². The summed E-state index contributed by atoms with van der Waals surface area (Å²) in [6.45, 7) is 5.93. The summed E-state index contributed by atoms with van der Waals surface area (Å²) in [5.41, 5.74) is 10.4. The lowest BCUT2D eigenvalue weighted by molar-refractivity contribution is 0.103. The van der Waals surface area contributed by atoms with Crippen molar-refractivity contribution in [3.63, 3.8) is 0 Å². The molecule has 1 aromatic heterocycles. The highest BCUT2D eigenvalue weighted by atomic mass is 32.1. The van der Waals surface area contributed by atoms with E-state index in [0.29, 0.717) is 11.4 Å². The molecule has 2 rings (SSSR count). The second-order valence-corrected chi connectivity index (χ2v) is 5.33. The Balaban J connectivity index is 2.28. The predicted octanol–water partition coefficient (Wildman–Crippen LogP) is 3.51. The van der Waals surface area contributed by atoms with Crippen molar-refractivity contribution in [2.24, 2.45) is 0 Å². The highest BCUT2D eigenvalue weighted by Gasteiger charge is 2.12. The SMILES string of the molecule is Cc1cc(N)c(NC(=O)c2sccc2C)cc1C. The number of benzene rings is 1. The van der Waals surface area contributed by atoms with E-state index in [4.69, 9.17) is 5.73 Å². The molecule has 0 aliphatic carbocycles. The summed E-state index contributed by atoms with van der Waals surface area (Å²) < 4.78 is 0. The van der Waals surface area contributed by atoms with E-state index in [1.807, 2.05) is 44.4 Å². The molecule has 1 aromatic carbocycles. The third-order valence-electron chi connectivity index (χ3n) is 2.98. The monoisotopic (exact) mass is 260 g/mol. The molecular weight excluding hydrogens is 244 g/mol. The van der Waals surface area contributed by atoms with E-state index in [1.54, 1.807) is 0 Å². The molecule has 1 amide bonds. The molecule has 3 N–H and O–H groups in total. The molecule has 0 spiro atoms. The standard InChI is InChI=1S/C14H16N2OS/c1-8-4-5-18-13(8)14(17)16-12-7-10(3)9(2)6-11(12)15/h4-7H,15H2,1-3H3,(H,16,17).